The van der Waals surface area contributed by atoms with Crippen LogP contribution in [-0.2, 0) is 4.74 Å². The van der Waals surface area contributed by atoms with Gasteiger partial charge in [0.1, 0.15) is 0 Å². The predicted octanol–water partition coefficient (Wildman–Crippen LogP) is 0.690. The van der Waals surface area contributed by atoms with Crippen LogP contribution in [0.3, 0.4) is 0 Å². The first-order valence-corrected chi connectivity index (χ1v) is 8.67. The number of carbonyl (C=O) groups is 1. The average molecular weight is 312 g/mol. The van der Waals surface area contributed by atoms with Crippen molar-refractivity contribution in [2.45, 2.75) is 26.8 Å². The Kier molecular flexibility index (Phi) is 6.92. The van der Waals surface area contributed by atoms with E-state index < -0.39 is 0 Å². The molecule has 6 heteroatoms. The molecule has 0 spiro atoms. The van der Waals surface area contributed by atoms with Crippen LogP contribution in [0, 0.1) is 5.92 Å². The lowest BCUT2D eigenvalue weighted by Crippen LogP contribution is -2.52. The van der Waals surface area contributed by atoms with Crippen molar-refractivity contribution in [1.29, 1.82) is 0 Å². The summed E-state index contributed by atoms with van der Waals surface area (Å²) in [6, 6.07) is 0.227. The molecule has 0 saturated carbocycles. The fourth-order valence-electron chi connectivity index (χ4n) is 3.19. The van der Waals surface area contributed by atoms with Crippen molar-refractivity contribution in [3.8, 4) is 0 Å². The molecule has 0 radical (unpaired) electrons. The van der Waals surface area contributed by atoms with Crippen molar-refractivity contribution in [3.05, 3.63) is 0 Å². The third-order valence-electron chi connectivity index (χ3n) is 4.71. The lowest BCUT2D eigenvalue weighted by Gasteiger charge is -2.36. The van der Waals surface area contributed by atoms with Gasteiger partial charge in [-0.15, -0.1) is 0 Å². The van der Waals surface area contributed by atoms with E-state index in [4.69, 9.17) is 4.74 Å². The molecule has 0 bridgehead atoms. The molecule has 2 amide bonds. The zero-order valence-electron chi connectivity index (χ0n) is 14.4. The minimum absolute atomic E-state index is 0.0541. The number of rotatable bonds is 5. The summed E-state index contributed by atoms with van der Waals surface area (Å²) in [5.74, 6) is 0.480. The molecule has 2 fully saturated rings. The second kappa shape index (κ2) is 8.70. The first-order chi connectivity index (χ1) is 10.6. The maximum atomic E-state index is 12.2. The van der Waals surface area contributed by atoms with E-state index in [1.165, 1.54) is 13.1 Å². The van der Waals surface area contributed by atoms with Crippen molar-refractivity contribution in [1.82, 2.24) is 20.0 Å². The molecular weight excluding hydrogens is 280 g/mol. The second-order valence-corrected chi connectivity index (χ2v) is 6.64. The van der Waals surface area contributed by atoms with Crippen LogP contribution < -0.4 is 5.32 Å². The minimum Gasteiger partial charge on any atom is -0.377 e. The standard InChI is InChI=1S/C16H32N4O2/c1-4-18-5-7-19(8-6-18)12-14(2)11-17-16(21)20-9-10-22-13-15(20)3/h14-15H,4-13H2,1-3H3,(H,17,21)/t14-,15+/m0/s1. The fraction of sp³-hybridized carbons (Fsp3) is 0.938. The zero-order valence-corrected chi connectivity index (χ0v) is 14.4. The van der Waals surface area contributed by atoms with Gasteiger partial charge in [-0.1, -0.05) is 13.8 Å². The lowest BCUT2D eigenvalue weighted by atomic mass is 10.1. The van der Waals surface area contributed by atoms with E-state index >= 15 is 0 Å². The summed E-state index contributed by atoms with van der Waals surface area (Å²) in [6.07, 6.45) is 0. The van der Waals surface area contributed by atoms with Gasteiger partial charge in [0, 0.05) is 45.8 Å². The molecule has 128 valence electrons. The molecule has 0 unspecified atom stereocenters. The summed E-state index contributed by atoms with van der Waals surface area (Å²) in [4.78, 5) is 19.1. The van der Waals surface area contributed by atoms with Crippen molar-refractivity contribution >= 4 is 6.03 Å². The maximum absolute atomic E-state index is 12.2. The number of carbonyl (C=O) groups excluding carboxylic acids is 1. The number of amides is 2. The molecule has 1 N–H and O–H groups in total. The van der Waals surface area contributed by atoms with Crippen molar-refractivity contribution < 1.29 is 9.53 Å². The van der Waals surface area contributed by atoms with Gasteiger partial charge in [0.15, 0.2) is 0 Å². The molecule has 0 aliphatic carbocycles. The van der Waals surface area contributed by atoms with Gasteiger partial charge in [-0.3, -0.25) is 0 Å². The van der Waals surface area contributed by atoms with Crippen LogP contribution in [-0.4, -0.2) is 92.3 Å². The Morgan fingerprint density at radius 2 is 1.91 bits per heavy atom. The van der Waals surface area contributed by atoms with Crippen molar-refractivity contribution in [3.63, 3.8) is 0 Å². The summed E-state index contributed by atoms with van der Waals surface area (Å²) in [5, 5.41) is 3.09. The highest BCUT2D eigenvalue weighted by molar-refractivity contribution is 5.74. The number of nitrogens with one attached hydrogen (secondary N) is 1. The van der Waals surface area contributed by atoms with E-state index in [1.54, 1.807) is 0 Å². The van der Waals surface area contributed by atoms with E-state index in [0.717, 1.165) is 32.7 Å². The number of hydrogen-bond donors (Lipinski definition) is 1. The highest BCUT2D eigenvalue weighted by Gasteiger charge is 2.24. The minimum atomic E-state index is 0.0541. The SMILES string of the molecule is CCN1CCN(C[C@@H](C)CNC(=O)N2CCOC[C@H]2C)CC1. The number of hydrogen-bond acceptors (Lipinski definition) is 4. The number of ether oxygens (including phenoxy) is 1. The Balaban J connectivity index is 1.65. The van der Waals surface area contributed by atoms with Crippen LogP contribution in [0.4, 0.5) is 4.79 Å². The molecule has 2 aliphatic heterocycles. The van der Waals surface area contributed by atoms with Gasteiger partial charge in [-0.25, -0.2) is 4.79 Å². The average Bonchev–Trinajstić information content (AvgIpc) is 2.54. The third kappa shape index (κ3) is 5.11. The fourth-order valence-corrected chi connectivity index (χ4v) is 3.19. The number of piperazine rings is 1. The normalized spacial score (nSPS) is 26.0. The summed E-state index contributed by atoms with van der Waals surface area (Å²) >= 11 is 0. The quantitative estimate of drug-likeness (QED) is 0.811. The van der Waals surface area contributed by atoms with Gasteiger partial charge in [0.25, 0.3) is 0 Å². The Morgan fingerprint density at radius 3 is 2.55 bits per heavy atom. The Bertz CT molecular complexity index is 345. The summed E-state index contributed by atoms with van der Waals surface area (Å²) in [5.41, 5.74) is 0. The Hall–Kier alpha value is -0.850. The maximum Gasteiger partial charge on any atom is 0.317 e. The van der Waals surface area contributed by atoms with E-state index in [9.17, 15) is 4.79 Å². The monoisotopic (exact) mass is 312 g/mol. The summed E-state index contributed by atoms with van der Waals surface area (Å²) in [6.45, 7) is 16.1. The van der Waals surface area contributed by atoms with Crippen molar-refractivity contribution in [2.24, 2.45) is 5.92 Å². The lowest BCUT2D eigenvalue weighted by molar-refractivity contribution is 0.0188. The van der Waals surface area contributed by atoms with Gasteiger partial charge in [0.2, 0.25) is 0 Å². The molecule has 0 aromatic rings. The number of urea groups is 1. The molecule has 6 nitrogen and oxygen atoms in total. The first-order valence-electron chi connectivity index (χ1n) is 8.67. The largest absolute Gasteiger partial charge is 0.377 e. The molecule has 2 heterocycles. The highest BCUT2D eigenvalue weighted by atomic mass is 16.5. The van der Waals surface area contributed by atoms with Crippen LogP contribution in [0.2, 0.25) is 0 Å². The molecule has 0 aromatic carbocycles. The molecule has 2 saturated heterocycles. The topological polar surface area (TPSA) is 48.0 Å². The Morgan fingerprint density at radius 1 is 1.23 bits per heavy atom. The van der Waals surface area contributed by atoms with E-state index in [2.05, 4.69) is 29.0 Å². The molecule has 2 atom stereocenters. The van der Waals surface area contributed by atoms with Crippen LogP contribution >= 0.6 is 0 Å². The summed E-state index contributed by atoms with van der Waals surface area (Å²) < 4.78 is 5.37. The molecule has 2 rings (SSSR count). The van der Waals surface area contributed by atoms with E-state index in [0.29, 0.717) is 25.7 Å². The summed E-state index contributed by atoms with van der Waals surface area (Å²) in [7, 11) is 0. The number of morpholine rings is 1. The number of nitrogens with zero attached hydrogens (tertiary/aromatic N) is 3. The van der Waals surface area contributed by atoms with Crippen LogP contribution in [0.5, 0.6) is 0 Å². The zero-order chi connectivity index (χ0) is 15.9. The van der Waals surface area contributed by atoms with Gasteiger partial charge >= 0.3 is 6.03 Å². The third-order valence-corrected chi connectivity index (χ3v) is 4.71. The molecular formula is C16H32N4O2. The molecule has 2 aliphatic rings. The van der Waals surface area contributed by atoms with Gasteiger partial charge in [-0.05, 0) is 19.4 Å². The first kappa shape index (κ1) is 17.5. The van der Waals surface area contributed by atoms with Gasteiger partial charge < -0.3 is 24.8 Å². The predicted molar refractivity (Wildman–Crippen MR) is 88.1 cm³/mol. The van der Waals surface area contributed by atoms with Crippen LogP contribution in [0.15, 0.2) is 0 Å². The Labute approximate surface area is 134 Å². The van der Waals surface area contributed by atoms with Gasteiger partial charge in [-0.2, -0.15) is 0 Å². The molecule has 22 heavy (non-hydrogen) atoms. The van der Waals surface area contributed by atoms with Crippen LogP contribution in [0.25, 0.3) is 0 Å². The second-order valence-electron chi connectivity index (χ2n) is 6.64. The van der Waals surface area contributed by atoms with E-state index in [1.807, 2.05) is 11.8 Å². The van der Waals surface area contributed by atoms with Gasteiger partial charge in [0.05, 0.1) is 19.3 Å². The number of likely N-dealkylation sites (N-methyl/N-ethyl adjacent to an activating group) is 1. The van der Waals surface area contributed by atoms with Crippen molar-refractivity contribution in [2.75, 3.05) is 65.6 Å². The van der Waals surface area contributed by atoms with E-state index in [-0.39, 0.29) is 12.1 Å². The molecule has 0 aromatic heterocycles. The highest BCUT2D eigenvalue weighted by Crippen LogP contribution is 2.08. The van der Waals surface area contributed by atoms with Crippen LogP contribution in [0.1, 0.15) is 20.8 Å². The smallest absolute Gasteiger partial charge is 0.317 e.